The number of nitrogens with one attached hydrogen (secondary N) is 2. The molecule has 28 heavy (non-hydrogen) atoms. The third kappa shape index (κ3) is 6.12. The van der Waals surface area contributed by atoms with Crippen molar-refractivity contribution in [2.45, 2.75) is 39.5 Å². The van der Waals surface area contributed by atoms with E-state index in [-0.39, 0.29) is 5.82 Å². The van der Waals surface area contributed by atoms with Gasteiger partial charge in [0.2, 0.25) is 5.95 Å². The van der Waals surface area contributed by atoms with Crippen molar-refractivity contribution in [1.82, 2.24) is 15.3 Å². The van der Waals surface area contributed by atoms with Gasteiger partial charge in [-0.2, -0.15) is 4.98 Å². The fraction of sp³-hybridized carbons (Fsp3) is 0.476. The molecule has 0 bridgehead atoms. The minimum Gasteiger partial charge on any atom is -0.362 e. The lowest BCUT2D eigenvalue weighted by Gasteiger charge is -2.31. The highest BCUT2D eigenvalue weighted by molar-refractivity contribution is 7.80. The normalized spacial score (nSPS) is 14.8. The summed E-state index contributed by atoms with van der Waals surface area (Å²) in [5.74, 6) is 2.07. The first-order valence-electron chi connectivity index (χ1n) is 9.89. The number of aromatic nitrogens is 2. The van der Waals surface area contributed by atoms with Gasteiger partial charge in [0.25, 0.3) is 0 Å². The Kier molecular flexibility index (Phi) is 7.14. The van der Waals surface area contributed by atoms with Gasteiger partial charge in [0.05, 0.1) is 0 Å². The second-order valence-corrected chi connectivity index (χ2v) is 7.88. The van der Waals surface area contributed by atoms with Crippen LogP contribution in [-0.2, 0) is 6.42 Å². The number of piperidine rings is 1. The molecule has 0 spiro atoms. The Morgan fingerprint density at radius 1 is 1.21 bits per heavy atom. The van der Waals surface area contributed by atoms with E-state index in [4.69, 9.17) is 12.2 Å². The number of thiocarbonyl (C=S) groups is 1. The van der Waals surface area contributed by atoms with Gasteiger partial charge in [0.1, 0.15) is 11.6 Å². The number of hydrogen-bond acceptors (Lipinski definition) is 4. The Hall–Kier alpha value is -2.28. The van der Waals surface area contributed by atoms with Crippen molar-refractivity contribution in [1.29, 1.82) is 0 Å². The molecule has 1 fully saturated rings. The summed E-state index contributed by atoms with van der Waals surface area (Å²) in [7, 11) is 0. The predicted octanol–water partition coefficient (Wildman–Crippen LogP) is 4.08. The number of rotatable bonds is 6. The van der Waals surface area contributed by atoms with Gasteiger partial charge in [-0.1, -0.05) is 19.1 Å². The molecule has 5 nitrogen and oxygen atoms in total. The van der Waals surface area contributed by atoms with Crippen molar-refractivity contribution in [3.63, 3.8) is 0 Å². The molecule has 1 aromatic heterocycles. The average molecular weight is 402 g/mol. The molecule has 3 rings (SSSR count). The van der Waals surface area contributed by atoms with Crippen LogP contribution in [0, 0.1) is 18.7 Å². The highest BCUT2D eigenvalue weighted by Crippen LogP contribution is 2.22. The maximum Gasteiger partial charge on any atom is 0.231 e. The van der Waals surface area contributed by atoms with Crippen LogP contribution in [0.5, 0.6) is 0 Å². The molecule has 7 heteroatoms. The van der Waals surface area contributed by atoms with Gasteiger partial charge in [0, 0.05) is 31.4 Å². The van der Waals surface area contributed by atoms with E-state index < -0.39 is 0 Å². The summed E-state index contributed by atoms with van der Waals surface area (Å²) in [6.07, 6.45) is 4.16. The minimum atomic E-state index is -0.205. The molecule has 1 saturated heterocycles. The summed E-state index contributed by atoms with van der Waals surface area (Å²) in [6, 6.07) is 8.64. The van der Waals surface area contributed by atoms with Crippen molar-refractivity contribution in [3.8, 4) is 0 Å². The van der Waals surface area contributed by atoms with Crippen molar-refractivity contribution in [2.24, 2.45) is 5.92 Å². The molecule has 1 aliphatic heterocycles. The lowest BCUT2D eigenvalue weighted by Crippen LogP contribution is -2.34. The summed E-state index contributed by atoms with van der Waals surface area (Å²) in [5.41, 5.74) is 2.04. The van der Waals surface area contributed by atoms with Gasteiger partial charge in [-0.3, -0.25) is 0 Å². The molecule has 0 radical (unpaired) electrons. The zero-order chi connectivity index (χ0) is 19.9. The van der Waals surface area contributed by atoms with Crippen molar-refractivity contribution < 1.29 is 4.39 Å². The van der Waals surface area contributed by atoms with E-state index in [0.717, 1.165) is 55.5 Å². The van der Waals surface area contributed by atoms with Gasteiger partial charge < -0.3 is 15.5 Å². The molecule has 0 saturated carbocycles. The van der Waals surface area contributed by atoms with E-state index in [1.54, 1.807) is 0 Å². The Morgan fingerprint density at radius 2 is 1.93 bits per heavy atom. The third-order valence-corrected chi connectivity index (χ3v) is 5.26. The first-order valence-corrected chi connectivity index (χ1v) is 10.3. The first kappa shape index (κ1) is 20.5. The van der Waals surface area contributed by atoms with Crippen LogP contribution in [0.1, 0.15) is 37.4 Å². The number of aryl methyl sites for hydroxylation is 2. The van der Waals surface area contributed by atoms with Crippen molar-refractivity contribution >= 4 is 29.1 Å². The largest absolute Gasteiger partial charge is 0.362 e. The number of hydrogen-bond donors (Lipinski definition) is 2. The van der Waals surface area contributed by atoms with Crippen molar-refractivity contribution in [2.75, 3.05) is 29.9 Å². The molecular formula is C21H28FN5S. The Balaban J connectivity index is 1.47. The van der Waals surface area contributed by atoms with Gasteiger partial charge in [-0.15, -0.1) is 0 Å². The van der Waals surface area contributed by atoms with E-state index >= 15 is 0 Å². The molecule has 2 aromatic rings. The van der Waals surface area contributed by atoms with E-state index in [1.807, 2.05) is 25.1 Å². The first-order chi connectivity index (χ1) is 13.5. The Morgan fingerprint density at radius 3 is 2.64 bits per heavy atom. The van der Waals surface area contributed by atoms with E-state index in [0.29, 0.717) is 11.1 Å². The SMILES string of the molecule is Cc1cc(N2CCC(C)CC2)nc(NC(=S)NCCCc2ccc(F)cc2)n1. The van der Waals surface area contributed by atoms with Gasteiger partial charge in [-0.05, 0) is 68.4 Å². The molecule has 0 atom stereocenters. The number of halogens is 1. The van der Waals surface area contributed by atoms with Gasteiger partial charge in [-0.25, -0.2) is 9.37 Å². The molecule has 0 unspecified atom stereocenters. The molecular weight excluding hydrogens is 373 g/mol. The lowest BCUT2D eigenvalue weighted by atomic mass is 9.99. The molecule has 1 aliphatic rings. The van der Waals surface area contributed by atoms with Crippen LogP contribution >= 0.6 is 12.2 Å². The Labute approximate surface area is 171 Å². The maximum atomic E-state index is 12.9. The standard InChI is InChI=1S/C21H28FN5S/c1-15-9-12-27(13-10-15)19-14-16(2)24-20(25-19)26-21(28)23-11-3-4-17-5-7-18(22)8-6-17/h5-8,14-15H,3-4,9-13H2,1-2H3,(H2,23,24,25,26,28). The second-order valence-electron chi connectivity index (χ2n) is 7.47. The summed E-state index contributed by atoms with van der Waals surface area (Å²) in [6.45, 7) is 7.07. The molecule has 1 aromatic carbocycles. The van der Waals surface area contributed by atoms with Crippen LogP contribution in [0.2, 0.25) is 0 Å². The van der Waals surface area contributed by atoms with E-state index in [9.17, 15) is 4.39 Å². The van der Waals surface area contributed by atoms with Crippen LogP contribution in [0.15, 0.2) is 30.3 Å². The van der Waals surface area contributed by atoms with Crippen LogP contribution < -0.4 is 15.5 Å². The summed E-state index contributed by atoms with van der Waals surface area (Å²) < 4.78 is 12.9. The molecule has 2 N–H and O–H groups in total. The quantitative estimate of drug-likeness (QED) is 0.562. The smallest absolute Gasteiger partial charge is 0.231 e. The third-order valence-electron chi connectivity index (χ3n) is 5.01. The minimum absolute atomic E-state index is 0.205. The summed E-state index contributed by atoms with van der Waals surface area (Å²) >= 11 is 5.38. The summed E-state index contributed by atoms with van der Waals surface area (Å²) in [4.78, 5) is 11.4. The molecule has 150 valence electrons. The monoisotopic (exact) mass is 401 g/mol. The average Bonchev–Trinajstić information content (AvgIpc) is 2.67. The fourth-order valence-corrected chi connectivity index (χ4v) is 3.49. The molecule has 2 heterocycles. The lowest BCUT2D eigenvalue weighted by molar-refractivity contribution is 0.436. The summed E-state index contributed by atoms with van der Waals surface area (Å²) in [5, 5.41) is 6.81. The zero-order valence-electron chi connectivity index (χ0n) is 16.5. The number of benzene rings is 1. The van der Waals surface area contributed by atoms with E-state index in [2.05, 4.69) is 32.4 Å². The predicted molar refractivity (Wildman–Crippen MR) is 116 cm³/mol. The number of anilines is 2. The highest BCUT2D eigenvalue weighted by atomic mass is 32.1. The zero-order valence-corrected chi connectivity index (χ0v) is 17.4. The highest BCUT2D eigenvalue weighted by Gasteiger charge is 2.18. The van der Waals surface area contributed by atoms with Crippen LogP contribution in [-0.4, -0.2) is 34.7 Å². The molecule has 0 aliphatic carbocycles. The van der Waals surface area contributed by atoms with Crippen LogP contribution in [0.3, 0.4) is 0 Å². The number of nitrogens with zero attached hydrogens (tertiary/aromatic N) is 3. The van der Waals surface area contributed by atoms with Crippen molar-refractivity contribution in [3.05, 3.63) is 47.4 Å². The van der Waals surface area contributed by atoms with Crippen LogP contribution in [0.25, 0.3) is 0 Å². The second kappa shape index (κ2) is 9.78. The van der Waals surface area contributed by atoms with Crippen LogP contribution in [0.4, 0.5) is 16.2 Å². The van der Waals surface area contributed by atoms with E-state index in [1.165, 1.54) is 25.0 Å². The van der Waals surface area contributed by atoms with Gasteiger partial charge in [0.15, 0.2) is 5.11 Å². The topological polar surface area (TPSA) is 53.1 Å². The maximum absolute atomic E-state index is 12.9. The molecule has 0 amide bonds. The van der Waals surface area contributed by atoms with Gasteiger partial charge >= 0.3 is 0 Å². The Bertz CT molecular complexity index is 788. The fourth-order valence-electron chi connectivity index (χ4n) is 3.30.